The molecule has 1 aliphatic rings. The topological polar surface area (TPSA) is 32.3 Å². The van der Waals surface area contributed by atoms with Crippen LogP contribution in [-0.4, -0.2) is 37.0 Å². The van der Waals surface area contributed by atoms with Crippen molar-refractivity contribution in [3.63, 3.8) is 0 Å². The van der Waals surface area contributed by atoms with Crippen molar-refractivity contribution in [3.8, 4) is 0 Å². The predicted octanol–water partition coefficient (Wildman–Crippen LogP) is 1.57. The number of rotatable bonds is 1. The molecule has 0 atom stereocenters. The molecule has 1 amide bonds. The molecule has 1 saturated heterocycles. The summed E-state index contributed by atoms with van der Waals surface area (Å²) in [4.78, 5) is 14.0. The second kappa shape index (κ2) is 5.27. The number of halogens is 1. The molecule has 3 nitrogen and oxygen atoms in total. The van der Waals surface area contributed by atoms with Crippen LogP contribution in [0.3, 0.4) is 0 Å². The maximum Gasteiger partial charge on any atom is 0.253 e. The van der Waals surface area contributed by atoms with Gasteiger partial charge in [0.25, 0.3) is 5.91 Å². The average molecular weight is 236 g/mol. The van der Waals surface area contributed by atoms with Gasteiger partial charge in [0.1, 0.15) is 5.82 Å². The minimum Gasteiger partial charge on any atom is -0.337 e. The summed E-state index contributed by atoms with van der Waals surface area (Å²) in [5.41, 5.74) is 1.09. The number of nitrogens with one attached hydrogen (secondary N) is 1. The third kappa shape index (κ3) is 2.82. The van der Waals surface area contributed by atoms with Crippen LogP contribution in [0.25, 0.3) is 0 Å². The standard InChI is InChI=1S/C13H17FN2O/c1-10-9-11(3-4-12(10)14)13(17)16-7-2-5-15-6-8-16/h3-4,9,15H,2,5-8H2,1H3. The van der Waals surface area contributed by atoms with Crippen molar-refractivity contribution in [1.82, 2.24) is 10.2 Å². The van der Waals surface area contributed by atoms with Crippen molar-refractivity contribution in [1.29, 1.82) is 0 Å². The molecule has 1 heterocycles. The Bertz CT molecular complexity index is 412. The normalized spacial score (nSPS) is 16.7. The lowest BCUT2D eigenvalue weighted by molar-refractivity contribution is 0.0766. The van der Waals surface area contributed by atoms with Crippen LogP contribution in [0.15, 0.2) is 18.2 Å². The highest BCUT2D eigenvalue weighted by Crippen LogP contribution is 2.12. The van der Waals surface area contributed by atoms with Crippen LogP contribution in [0.4, 0.5) is 4.39 Å². The smallest absolute Gasteiger partial charge is 0.253 e. The molecule has 0 aromatic heterocycles. The first kappa shape index (κ1) is 12.0. The van der Waals surface area contributed by atoms with E-state index in [2.05, 4.69) is 5.32 Å². The molecule has 1 aromatic rings. The maximum absolute atomic E-state index is 13.1. The van der Waals surface area contributed by atoms with Crippen molar-refractivity contribution in [2.45, 2.75) is 13.3 Å². The summed E-state index contributed by atoms with van der Waals surface area (Å²) in [6.45, 7) is 4.94. The van der Waals surface area contributed by atoms with Crippen LogP contribution in [0, 0.1) is 12.7 Å². The van der Waals surface area contributed by atoms with E-state index in [-0.39, 0.29) is 11.7 Å². The molecule has 4 heteroatoms. The van der Waals surface area contributed by atoms with Crippen LogP contribution >= 0.6 is 0 Å². The Morgan fingerprint density at radius 2 is 2.18 bits per heavy atom. The monoisotopic (exact) mass is 236 g/mol. The summed E-state index contributed by atoms with van der Waals surface area (Å²) in [5, 5.41) is 3.25. The summed E-state index contributed by atoms with van der Waals surface area (Å²) in [6.07, 6.45) is 0.964. The van der Waals surface area contributed by atoms with Gasteiger partial charge in [-0.25, -0.2) is 4.39 Å². The minimum atomic E-state index is -0.265. The number of carbonyl (C=O) groups is 1. The van der Waals surface area contributed by atoms with Gasteiger partial charge in [-0.2, -0.15) is 0 Å². The Kier molecular flexibility index (Phi) is 3.74. The Morgan fingerprint density at radius 1 is 1.35 bits per heavy atom. The number of aryl methyl sites for hydroxylation is 1. The van der Waals surface area contributed by atoms with Crippen molar-refractivity contribution in [2.24, 2.45) is 0 Å². The van der Waals surface area contributed by atoms with Crippen LogP contribution in [-0.2, 0) is 0 Å². The van der Waals surface area contributed by atoms with Crippen molar-refractivity contribution in [2.75, 3.05) is 26.2 Å². The number of benzene rings is 1. The summed E-state index contributed by atoms with van der Waals surface area (Å²) < 4.78 is 13.1. The summed E-state index contributed by atoms with van der Waals surface area (Å²) in [5.74, 6) is -0.268. The third-order valence-corrected chi connectivity index (χ3v) is 3.03. The molecule has 1 fully saturated rings. The molecule has 0 radical (unpaired) electrons. The lowest BCUT2D eigenvalue weighted by atomic mass is 10.1. The molecule has 1 aromatic carbocycles. The highest BCUT2D eigenvalue weighted by atomic mass is 19.1. The molecular weight excluding hydrogens is 219 g/mol. The zero-order valence-electron chi connectivity index (χ0n) is 10.0. The first-order chi connectivity index (χ1) is 8.18. The second-order valence-corrected chi connectivity index (χ2v) is 4.36. The van der Waals surface area contributed by atoms with Gasteiger partial charge in [0.2, 0.25) is 0 Å². The number of carbonyl (C=O) groups excluding carboxylic acids is 1. The van der Waals surface area contributed by atoms with Crippen LogP contribution in [0.1, 0.15) is 22.3 Å². The Labute approximate surface area is 101 Å². The van der Waals surface area contributed by atoms with Gasteiger partial charge >= 0.3 is 0 Å². The largest absolute Gasteiger partial charge is 0.337 e. The molecule has 0 aliphatic carbocycles. The van der Waals surface area contributed by atoms with Gasteiger partial charge in [-0.05, 0) is 43.7 Å². The van der Waals surface area contributed by atoms with Gasteiger partial charge in [-0.1, -0.05) is 0 Å². The van der Waals surface area contributed by atoms with E-state index in [1.165, 1.54) is 6.07 Å². The van der Waals surface area contributed by atoms with Crippen molar-refractivity contribution in [3.05, 3.63) is 35.1 Å². The van der Waals surface area contributed by atoms with Gasteiger partial charge in [-0.3, -0.25) is 4.79 Å². The van der Waals surface area contributed by atoms with Gasteiger partial charge in [-0.15, -0.1) is 0 Å². The highest BCUT2D eigenvalue weighted by Gasteiger charge is 2.17. The molecule has 1 N–H and O–H groups in total. The van der Waals surface area contributed by atoms with E-state index < -0.39 is 0 Å². The minimum absolute atomic E-state index is 0.00296. The quantitative estimate of drug-likeness (QED) is 0.802. The molecule has 0 spiro atoms. The molecule has 92 valence electrons. The van der Waals surface area contributed by atoms with Crippen molar-refractivity contribution >= 4 is 5.91 Å². The molecular formula is C13H17FN2O. The third-order valence-electron chi connectivity index (χ3n) is 3.03. The van der Waals surface area contributed by atoms with E-state index in [4.69, 9.17) is 0 Å². The van der Waals surface area contributed by atoms with E-state index in [0.717, 1.165) is 32.6 Å². The molecule has 17 heavy (non-hydrogen) atoms. The van der Waals surface area contributed by atoms with Gasteiger partial charge < -0.3 is 10.2 Å². The van der Waals surface area contributed by atoms with E-state index in [1.54, 1.807) is 19.1 Å². The van der Waals surface area contributed by atoms with Crippen LogP contribution < -0.4 is 5.32 Å². The molecule has 0 bridgehead atoms. The van der Waals surface area contributed by atoms with Crippen LogP contribution in [0.2, 0.25) is 0 Å². The first-order valence-electron chi connectivity index (χ1n) is 5.94. The van der Waals surface area contributed by atoms with E-state index >= 15 is 0 Å². The molecule has 1 aliphatic heterocycles. The predicted molar refractivity (Wildman–Crippen MR) is 64.5 cm³/mol. The maximum atomic E-state index is 13.1. The summed E-state index contributed by atoms with van der Waals surface area (Å²) in [7, 11) is 0. The Morgan fingerprint density at radius 3 is 2.94 bits per heavy atom. The van der Waals surface area contributed by atoms with Gasteiger partial charge in [0, 0.05) is 25.2 Å². The lowest BCUT2D eigenvalue weighted by Crippen LogP contribution is -2.34. The number of hydrogen-bond acceptors (Lipinski definition) is 2. The Hall–Kier alpha value is -1.42. The average Bonchev–Trinajstić information content (AvgIpc) is 2.60. The fraction of sp³-hybridized carbons (Fsp3) is 0.462. The van der Waals surface area contributed by atoms with Crippen LogP contribution in [0.5, 0.6) is 0 Å². The number of nitrogens with zero attached hydrogens (tertiary/aromatic N) is 1. The van der Waals surface area contributed by atoms with Crippen molar-refractivity contribution < 1.29 is 9.18 Å². The zero-order chi connectivity index (χ0) is 12.3. The highest BCUT2D eigenvalue weighted by molar-refractivity contribution is 5.94. The first-order valence-corrected chi connectivity index (χ1v) is 5.94. The fourth-order valence-electron chi connectivity index (χ4n) is 2.01. The number of amides is 1. The SMILES string of the molecule is Cc1cc(C(=O)N2CCCNCC2)ccc1F. The second-order valence-electron chi connectivity index (χ2n) is 4.36. The Balaban J connectivity index is 2.14. The molecule has 2 rings (SSSR count). The van der Waals surface area contributed by atoms with E-state index in [9.17, 15) is 9.18 Å². The zero-order valence-corrected chi connectivity index (χ0v) is 10.0. The van der Waals surface area contributed by atoms with Gasteiger partial charge in [0.05, 0.1) is 0 Å². The summed E-state index contributed by atoms with van der Waals surface area (Å²) >= 11 is 0. The van der Waals surface area contributed by atoms with E-state index in [0.29, 0.717) is 11.1 Å². The molecule has 0 unspecified atom stereocenters. The lowest BCUT2D eigenvalue weighted by Gasteiger charge is -2.20. The number of hydrogen-bond donors (Lipinski definition) is 1. The fourth-order valence-corrected chi connectivity index (χ4v) is 2.01. The summed E-state index contributed by atoms with van der Waals surface area (Å²) in [6, 6.07) is 4.54. The van der Waals surface area contributed by atoms with E-state index in [1.807, 2.05) is 4.90 Å². The molecule has 0 saturated carbocycles. The van der Waals surface area contributed by atoms with Gasteiger partial charge in [0.15, 0.2) is 0 Å².